The van der Waals surface area contributed by atoms with Crippen molar-refractivity contribution in [3.05, 3.63) is 0 Å². The fourth-order valence-electron chi connectivity index (χ4n) is 2.28. The monoisotopic (exact) mass is 155 g/mol. The number of hydrogen-bond donors (Lipinski definition) is 1. The van der Waals surface area contributed by atoms with Crippen LogP contribution in [0.15, 0.2) is 0 Å². The van der Waals surface area contributed by atoms with Crippen molar-refractivity contribution in [1.29, 1.82) is 0 Å². The van der Waals surface area contributed by atoms with Gasteiger partial charge in [-0.2, -0.15) is 0 Å². The SMILES string of the molecule is O=C(O)[C@]12CCCN(CC1)C2. The number of nitrogens with zero attached hydrogens (tertiary/aromatic N) is 1. The van der Waals surface area contributed by atoms with Crippen LogP contribution in [0.2, 0.25) is 0 Å². The summed E-state index contributed by atoms with van der Waals surface area (Å²) in [6, 6.07) is 0. The summed E-state index contributed by atoms with van der Waals surface area (Å²) in [6.45, 7) is 2.89. The Kier molecular flexibility index (Phi) is 1.42. The molecule has 2 aliphatic rings. The maximum Gasteiger partial charge on any atom is 0.310 e. The van der Waals surface area contributed by atoms with Gasteiger partial charge in [-0.15, -0.1) is 0 Å². The molecule has 2 saturated heterocycles. The zero-order valence-electron chi connectivity index (χ0n) is 6.55. The maximum absolute atomic E-state index is 10.9. The number of carbonyl (C=O) groups is 1. The normalized spacial score (nSPS) is 42.4. The molecule has 2 aliphatic heterocycles. The first-order chi connectivity index (χ1) is 5.23. The van der Waals surface area contributed by atoms with Crippen molar-refractivity contribution < 1.29 is 9.90 Å². The first-order valence-corrected chi connectivity index (χ1v) is 4.19. The molecule has 2 fully saturated rings. The van der Waals surface area contributed by atoms with Crippen LogP contribution < -0.4 is 0 Å². The van der Waals surface area contributed by atoms with E-state index in [2.05, 4.69) is 4.90 Å². The molecular formula is C8H13NO2. The smallest absolute Gasteiger partial charge is 0.310 e. The molecule has 0 aromatic carbocycles. The molecule has 1 unspecified atom stereocenters. The minimum atomic E-state index is -0.584. The van der Waals surface area contributed by atoms with Crippen LogP contribution in [0.3, 0.4) is 0 Å². The number of carboxylic acids is 1. The van der Waals surface area contributed by atoms with Crippen molar-refractivity contribution in [2.24, 2.45) is 5.41 Å². The number of carboxylic acid groups (broad SMARTS) is 1. The van der Waals surface area contributed by atoms with Gasteiger partial charge in [0, 0.05) is 6.54 Å². The van der Waals surface area contributed by atoms with Crippen molar-refractivity contribution in [1.82, 2.24) is 4.90 Å². The Morgan fingerprint density at radius 1 is 1.36 bits per heavy atom. The lowest BCUT2D eigenvalue weighted by atomic mass is 9.81. The zero-order valence-corrected chi connectivity index (χ0v) is 6.55. The van der Waals surface area contributed by atoms with Gasteiger partial charge in [0.25, 0.3) is 0 Å². The van der Waals surface area contributed by atoms with E-state index >= 15 is 0 Å². The third-order valence-electron chi connectivity index (χ3n) is 3.02. The second kappa shape index (κ2) is 2.21. The average Bonchev–Trinajstić information content (AvgIpc) is 2.29. The third-order valence-corrected chi connectivity index (χ3v) is 3.02. The van der Waals surface area contributed by atoms with Gasteiger partial charge in [0.05, 0.1) is 5.41 Å². The van der Waals surface area contributed by atoms with Crippen LogP contribution in [0.5, 0.6) is 0 Å². The minimum absolute atomic E-state index is 0.363. The van der Waals surface area contributed by atoms with E-state index in [0.29, 0.717) is 0 Å². The van der Waals surface area contributed by atoms with Gasteiger partial charge in [-0.05, 0) is 32.4 Å². The summed E-state index contributed by atoms with van der Waals surface area (Å²) in [5, 5.41) is 8.99. The molecule has 0 saturated carbocycles. The van der Waals surface area contributed by atoms with E-state index in [1.165, 1.54) is 0 Å². The molecule has 0 radical (unpaired) electrons. The van der Waals surface area contributed by atoms with Crippen molar-refractivity contribution in [3.8, 4) is 0 Å². The summed E-state index contributed by atoms with van der Waals surface area (Å²) in [7, 11) is 0. The maximum atomic E-state index is 10.9. The molecule has 2 bridgehead atoms. The molecule has 2 rings (SSSR count). The van der Waals surface area contributed by atoms with E-state index in [-0.39, 0.29) is 5.41 Å². The van der Waals surface area contributed by atoms with Gasteiger partial charge in [0.1, 0.15) is 0 Å². The number of rotatable bonds is 1. The lowest BCUT2D eigenvalue weighted by molar-refractivity contribution is -0.149. The van der Waals surface area contributed by atoms with Gasteiger partial charge < -0.3 is 10.0 Å². The summed E-state index contributed by atoms with van der Waals surface area (Å²) in [5.74, 6) is -0.584. The molecule has 2 atom stereocenters. The van der Waals surface area contributed by atoms with E-state index < -0.39 is 5.97 Å². The van der Waals surface area contributed by atoms with Crippen LogP contribution in [0.4, 0.5) is 0 Å². The van der Waals surface area contributed by atoms with E-state index in [9.17, 15) is 4.79 Å². The fourth-order valence-corrected chi connectivity index (χ4v) is 2.28. The number of hydrogen-bond acceptors (Lipinski definition) is 2. The molecule has 11 heavy (non-hydrogen) atoms. The Morgan fingerprint density at radius 3 is 2.82 bits per heavy atom. The second-order valence-electron chi connectivity index (χ2n) is 3.72. The molecule has 0 spiro atoms. The summed E-state index contributed by atoms with van der Waals surface area (Å²) >= 11 is 0. The van der Waals surface area contributed by atoms with Crippen LogP contribution in [-0.4, -0.2) is 35.6 Å². The van der Waals surface area contributed by atoms with E-state index in [0.717, 1.165) is 38.9 Å². The molecular weight excluding hydrogens is 142 g/mol. The molecule has 0 aromatic heterocycles. The van der Waals surface area contributed by atoms with E-state index in [1.54, 1.807) is 0 Å². The van der Waals surface area contributed by atoms with Gasteiger partial charge >= 0.3 is 5.97 Å². The van der Waals surface area contributed by atoms with Gasteiger partial charge in [-0.1, -0.05) is 0 Å². The van der Waals surface area contributed by atoms with Gasteiger partial charge in [-0.3, -0.25) is 4.79 Å². The van der Waals surface area contributed by atoms with Gasteiger partial charge in [0.15, 0.2) is 0 Å². The third kappa shape index (κ3) is 0.948. The van der Waals surface area contributed by atoms with Crippen molar-refractivity contribution in [3.63, 3.8) is 0 Å². The Labute approximate surface area is 66.0 Å². The highest BCUT2D eigenvalue weighted by Crippen LogP contribution is 2.39. The first-order valence-electron chi connectivity index (χ1n) is 4.19. The predicted octanol–water partition coefficient (Wildman–Crippen LogP) is 0.557. The molecule has 2 heterocycles. The molecule has 1 N–H and O–H groups in total. The van der Waals surface area contributed by atoms with Gasteiger partial charge in [0.2, 0.25) is 0 Å². The molecule has 3 nitrogen and oxygen atoms in total. The van der Waals surface area contributed by atoms with Crippen molar-refractivity contribution >= 4 is 5.97 Å². The topological polar surface area (TPSA) is 40.5 Å². The highest BCUT2D eigenvalue weighted by Gasteiger charge is 2.46. The highest BCUT2D eigenvalue weighted by molar-refractivity contribution is 5.75. The second-order valence-corrected chi connectivity index (χ2v) is 3.72. The van der Waals surface area contributed by atoms with Crippen molar-refractivity contribution in [2.45, 2.75) is 19.3 Å². The van der Waals surface area contributed by atoms with Crippen LogP contribution in [-0.2, 0) is 4.79 Å². The summed E-state index contributed by atoms with van der Waals surface area (Å²) in [5.41, 5.74) is -0.363. The predicted molar refractivity (Wildman–Crippen MR) is 40.4 cm³/mol. The fraction of sp³-hybridized carbons (Fsp3) is 0.875. The van der Waals surface area contributed by atoms with E-state index in [4.69, 9.17) is 5.11 Å². The molecule has 0 amide bonds. The van der Waals surface area contributed by atoms with Crippen LogP contribution in [0.1, 0.15) is 19.3 Å². The van der Waals surface area contributed by atoms with Crippen LogP contribution >= 0.6 is 0 Å². The Morgan fingerprint density at radius 2 is 2.18 bits per heavy atom. The lowest BCUT2D eigenvalue weighted by Gasteiger charge is -2.29. The van der Waals surface area contributed by atoms with Crippen LogP contribution in [0.25, 0.3) is 0 Å². The van der Waals surface area contributed by atoms with E-state index in [1.807, 2.05) is 0 Å². The van der Waals surface area contributed by atoms with Crippen LogP contribution in [0, 0.1) is 5.41 Å². The molecule has 3 heteroatoms. The summed E-state index contributed by atoms with van der Waals surface area (Å²) < 4.78 is 0. The summed E-state index contributed by atoms with van der Waals surface area (Å²) in [6.07, 6.45) is 2.81. The number of piperidine rings is 1. The lowest BCUT2D eigenvalue weighted by Crippen LogP contribution is -2.39. The first kappa shape index (κ1) is 7.10. The highest BCUT2D eigenvalue weighted by atomic mass is 16.4. The average molecular weight is 155 g/mol. The Hall–Kier alpha value is -0.570. The number of fused-ring (bicyclic) bond motifs is 2. The number of aliphatic carboxylic acids is 1. The molecule has 62 valence electrons. The zero-order chi connectivity index (χ0) is 7.90. The summed E-state index contributed by atoms with van der Waals surface area (Å²) in [4.78, 5) is 13.2. The minimum Gasteiger partial charge on any atom is -0.481 e. The Bertz CT molecular complexity index is 189. The van der Waals surface area contributed by atoms with Crippen molar-refractivity contribution in [2.75, 3.05) is 19.6 Å². The van der Waals surface area contributed by atoms with Gasteiger partial charge in [-0.25, -0.2) is 0 Å². The Balaban J connectivity index is 2.19. The molecule has 0 aromatic rings. The standard InChI is InChI=1S/C8H13NO2/c10-7(11)8-2-1-4-9(6-8)5-3-8/h1-6H2,(H,10,11)/t8-/m1/s1. The molecule has 0 aliphatic carbocycles. The quantitative estimate of drug-likeness (QED) is 0.601. The largest absolute Gasteiger partial charge is 0.481 e.